The van der Waals surface area contributed by atoms with E-state index in [2.05, 4.69) is 0 Å². The van der Waals surface area contributed by atoms with E-state index in [0.29, 0.717) is 25.8 Å². The van der Waals surface area contributed by atoms with Crippen molar-refractivity contribution in [1.82, 2.24) is 9.80 Å². The number of likely N-dealkylation sites (N-methyl/N-ethyl adjacent to an activating group) is 1. The first kappa shape index (κ1) is 16.8. The quantitative estimate of drug-likeness (QED) is 0.856. The first-order valence-corrected chi connectivity index (χ1v) is 8.25. The number of carbonyl (C=O) groups excluding carboxylic acids is 2. The van der Waals surface area contributed by atoms with Crippen molar-refractivity contribution < 1.29 is 19.5 Å². The van der Waals surface area contributed by atoms with E-state index in [1.165, 1.54) is 4.90 Å². The highest BCUT2D eigenvalue weighted by Gasteiger charge is 2.45. The van der Waals surface area contributed by atoms with Crippen molar-refractivity contribution in [3.63, 3.8) is 0 Å². The maximum Gasteiger partial charge on any atom is 0.329 e. The number of nitrogens with zero attached hydrogens (tertiary/aromatic N) is 2. The number of carbonyl (C=O) groups is 3. The van der Waals surface area contributed by atoms with Crippen molar-refractivity contribution in [2.75, 3.05) is 20.1 Å². The molecule has 124 valence electrons. The summed E-state index contributed by atoms with van der Waals surface area (Å²) in [6, 6.07) is 0. The van der Waals surface area contributed by atoms with Crippen molar-refractivity contribution in [2.24, 2.45) is 0 Å². The summed E-state index contributed by atoms with van der Waals surface area (Å²) in [7, 11) is 1.57. The van der Waals surface area contributed by atoms with Crippen LogP contribution in [0, 0.1) is 0 Å². The predicted molar refractivity (Wildman–Crippen MR) is 81.3 cm³/mol. The van der Waals surface area contributed by atoms with Crippen LogP contribution in [0.2, 0.25) is 0 Å². The molecule has 0 aromatic heterocycles. The zero-order valence-corrected chi connectivity index (χ0v) is 13.3. The fourth-order valence-corrected chi connectivity index (χ4v) is 3.54. The fraction of sp³-hybridized carbons (Fsp3) is 0.812. The topological polar surface area (TPSA) is 77.9 Å². The first-order valence-electron chi connectivity index (χ1n) is 8.25. The number of rotatable bonds is 4. The second kappa shape index (κ2) is 7.11. The third kappa shape index (κ3) is 3.42. The van der Waals surface area contributed by atoms with Gasteiger partial charge in [-0.25, -0.2) is 4.79 Å². The lowest BCUT2D eigenvalue weighted by molar-refractivity contribution is -0.161. The highest BCUT2D eigenvalue weighted by molar-refractivity contribution is 5.90. The molecule has 1 aliphatic heterocycles. The zero-order chi connectivity index (χ0) is 16.2. The lowest BCUT2D eigenvalue weighted by Gasteiger charge is -2.41. The van der Waals surface area contributed by atoms with Crippen LogP contribution in [0.15, 0.2) is 0 Å². The smallest absolute Gasteiger partial charge is 0.329 e. The van der Waals surface area contributed by atoms with Crippen molar-refractivity contribution >= 4 is 17.8 Å². The Morgan fingerprint density at radius 3 is 2.41 bits per heavy atom. The molecule has 0 aromatic carbocycles. The van der Waals surface area contributed by atoms with Crippen LogP contribution in [0.4, 0.5) is 0 Å². The van der Waals surface area contributed by atoms with Gasteiger partial charge in [0, 0.05) is 20.0 Å². The molecular weight excluding hydrogens is 284 g/mol. The number of carboxylic acids is 1. The number of carboxylic acid groups (broad SMARTS) is 1. The molecule has 1 heterocycles. The predicted octanol–water partition coefficient (Wildman–Crippen LogP) is 1.63. The van der Waals surface area contributed by atoms with E-state index in [1.807, 2.05) is 0 Å². The monoisotopic (exact) mass is 310 g/mol. The van der Waals surface area contributed by atoms with E-state index in [1.54, 1.807) is 11.9 Å². The Morgan fingerprint density at radius 2 is 1.77 bits per heavy atom. The summed E-state index contributed by atoms with van der Waals surface area (Å²) in [5.41, 5.74) is -1.09. The van der Waals surface area contributed by atoms with E-state index < -0.39 is 11.5 Å². The van der Waals surface area contributed by atoms with Gasteiger partial charge in [0.1, 0.15) is 5.54 Å². The first-order chi connectivity index (χ1) is 10.5. The van der Waals surface area contributed by atoms with Crippen LogP contribution in [0.3, 0.4) is 0 Å². The Labute approximate surface area is 131 Å². The minimum absolute atomic E-state index is 0.00433. The number of aliphatic carboxylic acids is 1. The average molecular weight is 310 g/mol. The Bertz CT molecular complexity index is 443. The van der Waals surface area contributed by atoms with Crippen LogP contribution in [0.5, 0.6) is 0 Å². The Morgan fingerprint density at radius 1 is 1.14 bits per heavy atom. The maximum atomic E-state index is 12.5. The van der Waals surface area contributed by atoms with Crippen LogP contribution < -0.4 is 0 Å². The summed E-state index contributed by atoms with van der Waals surface area (Å²) in [5, 5.41) is 9.64. The summed E-state index contributed by atoms with van der Waals surface area (Å²) in [6.45, 7) is 0.600. The largest absolute Gasteiger partial charge is 0.479 e. The summed E-state index contributed by atoms with van der Waals surface area (Å²) in [4.78, 5) is 39.3. The van der Waals surface area contributed by atoms with E-state index >= 15 is 0 Å². The molecule has 2 rings (SSSR count). The molecule has 2 fully saturated rings. The molecule has 6 heteroatoms. The number of amides is 2. The van der Waals surface area contributed by atoms with Gasteiger partial charge in [-0.1, -0.05) is 25.7 Å². The van der Waals surface area contributed by atoms with Gasteiger partial charge in [-0.15, -0.1) is 0 Å². The second-order valence-corrected chi connectivity index (χ2v) is 6.48. The highest BCUT2D eigenvalue weighted by atomic mass is 16.4. The molecule has 0 aromatic rings. The standard InChI is InChI=1S/C16H26N2O4/c1-17(16(15(21)22)9-5-3-6-10-16)14(20)12-18-11-7-2-4-8-13(18)19/h2-12H2,1H3,(H,21,22). The minimum Gasteiger partial charge on any atom is -0.479 e. The molecule has 1 aliphatic carbocycles. The van der Waals surface area contributed by atoms with Gasteiger partial charge in [-0.3, -0.25) is 9.59 Å². The molecule has 1 saturated carbocycles. The van der Waals surface area contributed by atoms with Crippen molar-refractivity contribution in [3.05, 3.63) is 0 Å². The van der Waals surface area contributed by atoms with Gasteiger partial charge in [0.25, 0.3) is 0 Å². The van der Waals surface area contributed by atoms with Crippen LogP contribution >= 0.6 is 0 Å². The van der Waals surface area contributed by atoms with E-state index in [0.717, 1.165) is 38.5 Å². The third-order valence-corrected chi connectivity index (χ3v) is 5.09. The molecule has 2 aliphatic rings. The molecule has 1 N–H and O–H groups in total. The van der Waals surface area contributed by atoms with Crippen LogP contribution in [-0.4, -0.2) is 58.4 Å². The van der Waals surface area contributed by atoms with Gasteiger partial charge in [0.15, 0.2) is 0 Å². The van der Waals surface area contributed by atoms with Gasteiger partial charge in [0.2, 0.25) is 11.8 Å². The third-order valence-electron chi connectivity index (χ3n) is 5.09. The lowest BCUT2D eigenvalue weighted by Crippen LogP contribution is -2.58. The molecule has 0 bridgehead atoms. The van der Waals surface area contributed by atoms with Gasteiger partial charge in [-0.05, 0) is 25.7 Å². The van der Waals surface area contributed by atoms with Crippen LogP contribution in [0.1, 0.15) is 57.8 Å². The Hall–Kier alpha value is -1.59. The molecule has 0 radical (unpaired) electrons. The molecule has 22 heavy (non-hydrogen) atoms. The van der Waals surface area contributed by atoms with Gasteiger partial charge in [0.05, 0.1) is 6.54 Å². The van der Waals surface area contributed by atoms with E-state index in [-0.39, 0.29) is 18.4 Å². The van der Waals surface area contributed by atoms with E-state index in [4.69, 9.17) is 0 Å². The summed E-state index contributed by atoms with van der Waals surface area (Å²) in [6.07, 6.45) is 6.94. The van der Waals surface area contributed by atoms with Crippen molar-refractivity contribution in [2.45, 2.75) is 63.3 Å². The van der Waals surface area contributed by atoms with Crippen LogP contribution in [-0.2, 0) is 14.4 Å². The maximum absolute atomic E-state index is 12.5. The number of hydrogen-bond acceptors (Lipinski definition) is 3. The molecule has 0 atom stereocenters. The number of likely N-dealkylation sites (tertiary alicyclic amines) is 1. The van der Waals surface area contributed by atoms with Crippen molar-refractivity contribution in [3.8, 4) is 0 Å². The minimum atomic E-state index is -1.09. The van der Waals surface area contributed by atoms with Gasteiger partial charge in [-0.2, -0.15) is 0 Å². The number of hydrogen-bond donors (Lipinski definition) is 1. The van der Waals surface area contributed by atoms with E-state index in [9.17, 15) is 19.5 Å². The second-order valence-electron chi connectivity index (χ2n) is 6.48. The van der Waals surface area contributed by atoms with Gasteiger partial charge >= 0.3 is 5.97 Å². The lowest BCUT2D eigenvalue weighted by atomic mass is 9.80. The summed E-state index contributed by atoms with van der Waals surface area (Å²) < 4.78 is 0. The SMILES string of the molecule is CN(C(=O)CN1CCCCCC1=O)C1(C(=O)O)CCCCC1. The Balaban J connectivity index is 2.06. The Kier molecular flexibility index (Phi) is 5.42. The molecule has 2 amide bonds. The fourth-order valence-electron chi connectivity index (χ4n) is 3.54. The molecule has 6 nitrogen and oxygen atoms in total. The molecule has 0 unspecified atom stereocenters. The summed E-state index contributed by atoms with van der Waals surface area (Å²) in [5.74, 6) is -1.18. The van der Waals surface area contributed by atoms with Crippen molar-refractivity contribution in [1.29, 1.82) is 0 Å². The zero-order valence-electron chi connectivity index (χ0n) is 13.3. The normalized spacial score (nSPS) is 22.0. The van der Waals surface area contributed by atoms with Crippen LogP contribution in [0.25, 0.3) is 0 Å². The average Bonchev–Trinajstić information content (AvgIpc) is 2.72. The molecule has 0 spiro atoms. The molecule has 1 saturated heterocycles. The summed E-state index contributed by atoms with van der Waals surface area (Å²) >= 11 is 0. The van der Waals surface area contributed by atoms with Gasteiger partial charge < -0.3 is 14.9 Å². The molecular formula is C16H26N2O4. The highest BCUT2D eigenvalue weighted by Crippen LogP contribution is 2.33.